The number of hydrogen-bond donors (Lipinski definition) is 1. The van der Waals surface area contributed by atoms with Crippen LogP contribution in [0.5, 0.6) is 0 Å². The van der Waals surface area contributed by atoms with E-state index in [0.717, 1.165) is 18.0 Å². The molecule has 1 heterocycles. The third kappa shape index (κ3) is 2.54. The van der Waals surface area contributed by atoms with Crippen molar-refractivity contribution in [2.24, 2.45) is 5.92 Å². The Kier molecular flexibility index (Phi) is 4.04. The van der Waals surface area contributed by atoms with Crippen LogP contribution in [0, 0.1) is 5.92 Å². The summed E-state index contributed by atoms with van der Waals surface area (Å²) in [5.41, 5.74) is 0. The highest BCUT2D eigenvalue weighted by Gasteiger charge is 2.33. The molecule has 0 aromatic rings. The Morgan fingerprint density at radius 1 is 1.20 bits per heavy atom. The van der Waals surface area contributed by atoms with E-state index < -0.39 is 0 Å². The highest BCUT2D eigenvalue weighted by atomic mass is 15.2. The van der Waals surface area contributed by atoms with Gasteiger partial charge < -0.3 is 5.32 Å². The molecule has 0 radical (unpaired) electrons. The first kappa shape index (κ1) is 11.4. The number of likely N-dealkylation sites (tertiary alicyclic amines) is 1. The predicted octanol–water partition coefficient (Wildman–Crippen LogP) is 2.25. The zero-order valence-electron chi connectivity index (χ0n) is 10.3. The summed E-state index contributed by atoms with van der Waals surface area (Å²) in [4.78, 5) is 2.77. The van der Waals surface area contributed by atoms with Gasteiger partial charge in [-0.05, 0) is 45.2 Å². The molecule has 2 rings (SSSR count). The molecule has 0 bridgehead atoms. The molecular formula is C13H26N2. The molecular weight excluding hydrogens is 184 g/mol. The molecule has 0 spiro atoms. The minimum absolute atomic E-state index is 0.764. The lowest BCUT2D eigenvalue weighted by molar-refractivity contribution is 0.109. The van der Waals surface area contributed by atoms with Gasteiger partial charge in [-0.15, -0.1) is 0 Å². The van der Waals surface area contributed by atoms with Gasteiger partial charge >= 0.3 is 0 Å². The second-order valence-electron chi connectivity index (χ2n) is 5.30. The molecule has 2 fully saturated rings. The summed E-state index contributed by atoms with van der Waals surface area (Å²) < 4.78 is 0. The third-order valence-corrected chi connectivity index (χ3v) is 4.45. The van der Waals surface area contributed by atoms with Crippen LogP contribution in [0.25, 0.3) is 0 Å². The van der Waals surface area contributed by atoms with Gasteiger partial charge in [0.1, 0.15) is 0 Å². The second-order valence-corrected chi connectivity index (χ2v) is 5.30. The van der Waals surface area contributed by atoms with Crippen molar-refractivity contribution in [3.05, 3.63) is 0 Å². The first-order valence-electron chi connectivity index (χ1n) is 6.76. The summed E-state index contributed by atoms with van der Waals surface area (Å²) in [7, 11) is 2.13. The first-order chi connectivity index (χ1) is 7.35. The Morgan fingerprint density at radius 2 is 2.07 bits per heavy atom. The molecule has 0 aromatic carbocycles. The normalized spacial score (nSPS) is 38.4. The lowest BCUT2D eigenvalue weighted by Crippen LogP contribution is -2.49. The lowest BCUT2D eigenvalue weighted by atomic mass is 9.93. The standard InChI is InChI=1S/C13H26N2/c1-3-11-6-5-9-15(10-11)13-8-4-7-12(13)14-2/h11-14H,3-10H2,1-2H3. The highest BCUT2D eigenvalue weighted by molar-refractivity contribution is 4.91. The first-order valence-corrected chi connectivity index (χ1v) is 6.76. The van der Waals surface area contributed by atoms with Crippen LogP contribution in [0.2, 0.25) is 0 Å². The van der Waals surface area contributed by atoms with Gasteiger partial charge in [-0.3, -0.25) is 4.90 Å². The molecule has 0 amide bonds. The average Bonchev–Trinajstić information content (AvgIpc) is 2.77. The zero-order chi connectivity index (χ0) is 10.7. The van der Waals surface area contributed by atoms with E-state index in [1.54, 1.807) is 0 Å². The highest BCUT2D eigenvalue weighted by Crippen LogP contribution is 2.29. The number of piperidine rings is 1. The van der Waals surface area contributed by atoms with Crippen molar-refractivity contribution in [1.82, 2.24) is 10.2 Å². The fourth-order valence-electron chi connectivity index (χ4n) is 3.45. The Labute approximate surface area is 94.4 Å². The molecule has 0 aromatic heterocycles. The number of likely N-dealkylation sites (N-methyl/N-ethyl adjacent to an activating group) is 1. The number of rotatable bonds is 3. The maximum atomic E-state index is 3.50. The predicted molar refractivity (Wildman–Crippen MR) is 65.1 cm³/mol. The van der Waals surface area contributed by atoms with Gasteiger partial charge in [0.25, 0.3) is 0 Å². The van der Waals surface area contributed by atoms with Crippen molar-refractivity contribution in [3.8, 4) is 0 Å². The number of hydrogen-bond acceptors (Lipinski definition) is 2. The summed E-state index contributed by atoms with van der Waals surface area (Å²) in [6, 6.07) is 1.60. The quantitative estimate of drug-likeness (QED) is 0.768. The maximum absolute atomic E-state index is 3.50. The van der Waals surface area contributed by atoms with Crippen LogP contribution >= 0.6 is 0 Å². The molecule has 2 heteroatoms. The van der Waals surface area contributed by atoms with Crippen molar-refractivity contribution in [2.75, 3.05) is 20.1 Å². The summed E-state index contributed by atoms with van der Waals surface area (Å²) >= 11 is 0. The van der Waals surface area contributed by atoms with E-state index in [4.69, 9.17) is 0 Å². The Balaban J connectivity index is 1.91. The Morgan fingerprint density at radius 3 is 2.80 bits per heavy atom. The molecule has 1 aliphatic heterocycles. The minimum atomic E-state index is 0.764. The van der Waals surface area contributed by atoms with Crippen LogP contribution < -0.4 is 5.32 Å². The molecule has 1 aliphatic carbocycles. The van der Waals surface area contributed by atoms with Gasteiger partial charge in [0.2, 0.25) is 0 Å². The van der Waals surface area contributed by atoms with Crippen LogP contribution in [-0.4, -0.2) is 37.1 Å². The molecule has 2 nitrogen and oxygen atoms in total. The molecule has 2 aliphatic rings. The van der Waals surface area contributed by atoms with E-state index >= 15 is 0 Å². The second kappa shape index (κ2) is 5.31. The van der Waals surface area contributed by atoms with E-state index in [9.17, 15) is 0 Å². The molecule has 1 saturated heterocycles. The van der Waals surface area contributed by atoms with Gasteiger partial charge in [0.15, 0.2) is 0 Å². The SMILES string of the molecule is CCC1CCCN(C2CCCC2NC)C1. The molecule has 3 atom stereocenters. The van der Waals surface area contributed by atoms with Gasteiger partial charge in [-0.1, -0.05) is 19.8 Å². The summed E-state index contributed by atoms with van der Waals surface area (Å²) in [5, 5.41) is 3.50. The van der Waals surface area contributed by atoms with Crippen LogP contribution in [0.15, 0.2) is 0 Å². The third-order valence-electron chi connectivity index (χ3n) is 4.45. The number of nitrogens with one attached hydrogen (secondary N) is 1. The molecule has 88 valence electrons. The Bertz CT molecular complexity index is 193. The van der Waals surface area contributed by atoms with Gasteiger partial charge in [-0.25, -0.2) is 0 Å². The van der Waals surface area contributed by atoms with Crippen molar-refractivity contribution in [1.29, 1.82) is 0 Å². The average molecular weight is 210 g/mol. The maximum Gasteiger partial charge on any atom is 0.0249 e. The van der Waals surface area contributed by atoms with Crippen LogP contribution in [0.4, 0.5) is 0 Å². The number of nitrogens with zero attached hydrogens (tertiary/aromatic N) is 1. The topological polar surface area (TPSA) is 15.3 Å². The van der Waals surface area contributed by atoms with Gasteiger partial charge in [-0.2, -0.15) is 0 Å². The van der Waals surface area contributed by atoms with Crippen molar-refractivity contribution < 1.29 is 0 Å². The van der Waals surface area contributed by atoms with Crippen LogP contribution in [-0.2, 0) is 0 Å². The van der Waals surface area contributed by atoms with E-state index in [1.807, 2.05) is 0 Å². The van der Waals surface area contributed by atoms with Crippen LogP contribution in [0.1, 0.15) is 45.4 Å². The summed E-state index contributed by atoms with van der Waals surface area (Å²) in [6.07, 6.45) is 8.47. The van der Waals surface area contributed by atoms with Gasteiger partial charge in [0.05, 0.1) is 0 Å². The van der Waals surface area contributed by atoms with Crippen molar-refractivity contribution >= 4 is 0 Å². The molecule has 1 saturated carbocycles. The van der Waals surface area contributed by atoms with E-state index in [1.165, 1.54) is 51.6 Å². The van der Waals surface area contributed by atoms with Crippen molar-refractivity contribution in [2.45, 2.75) is 57.5 Å². The molecule has 15 heavy (non-hydrogen) atoms. The monoisotopic (exact) mass is 210 g/mol. The minimum Gasteiger partial charge on any atom is -0.315 e. The summed E-state index contributed by atoms with van der Waals surface area (Å²) in [6.45, 7) is 5.05. The largest absolute Gasteiger partial charge is 0.315 e. The van der Waals surface area contributed by atoms with Crippen LogP contribution in [0.3, 0.4) is 0 Å². The summed E-state index contributed by atoms with van der Waals surface area (Å²) in [5.74, 6) is 0.969. The molecule has 3 unspecified atom stereocenters. The van der Waals surface area contributed by atoms with Crippen molar-refractivity contribution in [3.63, 3.8) is 0 Å². The Hall–Kier alpha value is -0.0800. The zero-order valence-corrected chi connectivity index (χ0v) is 10.3. The fraction of sp³-hybridized carbons (Fsp3) is 1.00. The van der Waals surface area contributed by atoms with Gasteiger partial charge in [0, 0.05) is 18.6 Å². The van der Waals surface area contributed by atoms with E-state index in [0.29, 0.717) is 0 Å². The fourth-order valence-corrected chi connectivity index (χ4v) is 3.45. The molecule has 1 N–H and O–H groups in total. The van der Waals surface area contributed by atoms with E-state index in [2.05, 4.69) is 24.2 Å². The van der Waals surface area contributed by atoms with E-state index in [-0.39, 0.29) is 0 Å². The smallest absolute Gasteiger partial charge is 0.0249 e. The lowest BCUT2D eigenvalue weighted by Gasteiger charge is -2.39.